The summed E-state index contributed by atoms with van der Waals surface area (Å²) in [6.45, 7) is 16.0. The van der Waals surface area contributed by atoms with E-state index in [0.29, 0.717) is 18.1 Å². The number of nitrogens with one attached hydrogen (secondary N) is 4. The van der Waals surface area contributed by atoms with Crippen LogP contribution < -0.4 is 27.0 Å². The third-order valence-electron chi connectivity index (χ3n) is 6.34. The van der Waals surface area contributed by atoms with Gasteiger partial charge in [-0.2, -0.15) is 0 Å². The zero-order valence-corrected chi connectivity index (χ0v) is 24.2. The monoisotopic (exact) mass is 494 g/mol. The lowest BCUT2D eigenvalue weighted by atomic mass is 10.1. The molecule has 0 saturated heterocycles. The fourth-order valence-electron chi connectivity index (χ4n) is 3.92. The van der Waals surface area contributed by atoms with Gasteiger partial charge >= 0.3 is 0 Å². The zero-order chi connectivity index (χ0) is 26.0. The molecule has 208 valence electrons. The van der Waals surface area contributed by atoms with Gasteiger partial charge in [0, 0.05) is 50.3 Å². The van der Waals surface area contributed by atoms with E-state index in [1.54, 1.807) is 0 Å². The fourth-order valence-corrected chi connectivity index (χ4v) is 3.92. The Labute approximate surface area is 219 Å². The summed E-state index contributed by atoms with van der Waals surface area (Å²) in [6.07, 6.45) is 25.1. The summed E-state index contributed by atoms with van der Waals surface area (Å²) in [6, 6.07) is 1.61. The van der Waals surface area contributed by atoms with Gasteiger partial charge in [0.05, 0.1) is 0 Å². The van der Waals surface area contributed by atoms with Crippen LogP contribution in [0.2, 0.25) is 0 Å². The molecule has 0 aromatic rings. The minimum Gasteiger partial charge on any atom is -0.327 e. The van der Waals surface area contributed by atoms with Crippen molar-refractivity contribution in [3.8, 4) is 0 Å². The van der Waals surface area contributed by atoms with Crippen LogP contribution in [-0.2, 0) is 0 Å². The lowest BCUT2D eigenvalue weighted by molar-refractivity contribution is 0.414. The Hall–Kier alpha value is -0.720. The van der Waals surface area contributed by atoms with Gasteiger partial charge in [-0.1, -0.05) is 69.8 Å². The molecule has 0 aromatic heterocycles. The van der Waals surface area contributed by atoms with Crippen molar-refractivity contribution in [3.05, 3.63) is 24.3 Å². The summed E-state index contributed by atoms with van der Waals surface area (Å²) in [5, 5.41) is 14.3. The van der Waals surface area contributed by atoms with Crippen LogP contribution >= 0.6 is 0 Å². The van der Waals surface area contributed by atoms with Crippen LogP contribution in [0, 0.1) is 0 Å². The van der Waals surface area contributed by atoms with Crippen LogP contribution in [0.3, 0.4) is 0 Å². The molecule has 0 amide bonds. The van der Waals surface area contributed by atoms with E-state index >= 15 is 0 Å². The van der Waals surface area contributed by atoms with Crippen molar-refractivity contribution in [1.29, 1.82) is 0 Å². The Balaban J connectivity index is 3.40. The first-order chi connectivity index (χ1) is 17.0. The van der Waals surface area contributed by atoms with Gasteiger partial charge in [0.25, 0.3) is 0 Å². The van der Waals surface area contributed by atoms with Gasteiger partial charge in [0.1, 0.15) is 0 Å². The van der Waals surface area contributed by atoms with E-state index in [1.807, 2.05) is 6.92 Å². The highest BCUT2D eigenvalue weighted by Crippen LogP contribution is 2.08. The predicted octanol–water partition coefficient (Wildman–Crippen LogP) is 5.67. The standard InChI is InChI=1S/C30H63N5/c1-6-7-8-9-10-11-12-13-14-15-16-17-18-19-20-21-22-32-24-28(3)34-26-30(5)35-25-29(4)33-23-27(2)31/h10-11,13-14,27-30,32-35H,6-9,12,15-26,31H2,1-5H3. The Bertz CT molecular complexity index is 477. The molecule has 4 unspecified atom stereocenters. The van der Waals surface area contributed by atoms with E-state index in [4.69, 9.17) is 5.73 Å². The summed E-state index contributed by atoms with van der Waals surface area (Å²) >= 11 is 0. The van der Waals surface area contributed by atoms with Gasteiger partial charge in [0.15, 0.2) is 0 Å². The maximum absolute atomic E-state index is 5.80. The summed E-state index contributed by atoms with van der Waals surface area (Å²) in [4.78, 5) is 0. The van der Waals surface area contributed by atoms with Crippen molar-refractivity contribution in [1.82, 2.24) is 21.3 Å². The molecular weight excluding hydrogens is 430 g/mol. The Morgan fingerprint density at radius 3 is 1.63 bits per heavy atom. The zero-order valence-electron chi connectivity index (χ0n) is 24.2. The predicted molar refractivity (Wildman–Crippen MR) is 158 cm³/mol. The molecule has 0 saturated carbocycles. The topological polar surface area (TPSA) is 74.1 Å². The van der Waals surface area contributed by atoms with Crippen LogP contribution in [0.5, 0.6) is 0 Å². The minimum atomic E-state index is 0.208. The Morgan fingerprint density at radius 1 is 0.571 bits per heavy atom. The van der Waals surface area contributed by atoms with Crippen molar-refractivity contribution in [3.63, 3.8) is 0 Å². The first-order valence-electron chi connectivity index (χ1n) is 14.9. The largest absolute Gasteiger partial charge is 0.327 e. The van der Waals surface area contributed by atoms with Crippen LogP contribution in [0.1, 0.15) is 112 Å². The molecule has 0 radical (unpaired) electrons. The van der Waals surface area contributed by atoms with E-state index in [0.717, 1.165) is 39.1 Å². The molecule has 0 aromatic carbocycles. The summed E-state index contributed by atoms with van der Waals surface area (Å²) in [5.41, 5.74) is 5.80. The van der Waals surface area contributed by atoms with Gasteiger partial charge in [0.2, 0.25) is 0 Å². The van der Waals surface area contributed by atoms with Gasteiger partial charge in [-0.05, 0) is 72.8 Å². The molecule has 0 aliphatic rings. The van der Waals surface area contributed by atoms with Crippen LogP contribution in [0.15, 0.2) is 24.3 Å². The Kier molecular flexibility index (Phi) is 25.8. The number of hydrogen-bond acceptors (Lipinski definition) is 5. The maximum atomic E-state index is 5.80. The first kappa shape index (κ1) is 34.3. The molecule has 5 nitrogen and oxygen atoms in total. The van der Waals surface area contributed by atoms with Gasteiger partial charge < -0.3 is 27.0 Å². The summed E-state index contributed by atoms with van der Waals surface area (Å²) < 4.78 is 0. The molecule has 0 aliphatic carbocycles. The molecule has 0 aliphatic heterocycles. The number of unbranched alkanes of at least 4 members (excludes halogenated alkanes) is 9. The maximum Gasteiger partial charge on any atom is 0.0164 e. The van der Waals surface area contributed by atoms with E-state index in [1.165, 1.54) is 70.6 Å². The van der Waals surface area contributed by atoms with Crippen LogP contribution in [-0.4, -0.2) is 56.9 Å². The number of allylic oxidation sites excluding steroid dienone is 4. The molecule has 0 bridgehead atoms. The third kappa shape index (κ3) is 27.7. The highest BCUT2D eigenvalue weighted by Gasteiger charge is 2.07. The van der Waals surface area contributed by atoms with Crippen molar-refractivity contribution in [2.75, 3.05) is 32.7 Å². The van der Waals surface area contributed by atoms with Crippen molar-refractivity contribution < 1.29 is 0 Å². The minimum absolute atomic E-state index is 0.208. The quantitative estimate of drug-likeness (QED) is 0.0793. The van der Waals surface area contributed by atoms with E-state index in [2.05, 4.69) is 73.3 Å². The second-order valence-corrected chi connectivity index (χ2v) is 10.7. The highest BCUT2D eigenvalue weighted by atomic mass is 15.0. The lowest BCUT2D eigenvalue weighted by Gasteiger charge is -2.22. The molecular formula is C30H63N5. The third-order valence-corrected chi connectivity index (χ3v) is 6.34. The average Bonchev–Trinajstić information content (AvgIpc) is 2.84. The van der Waals surface area contributed by atoms with Gasteiger partial charge in [-0.3, -0.25) is 0 Å². The average molecular weight is 494 g/mol. The second kappa shape index (κ2) is 26.3. The fraction of sp³-hybridized carbons (Fsp3) is 0.867. The van der Waals surface area contributed by atoms with Crippen molar-refractivity contribution in [2.24, 2.45) is 5.73 Å². The van der Waals surface area contributed by atoms with Gasteiger partial charge in [-0.15, -0.1) is 0 Å². The van der Waals surface area contributed by atoms with Crippen LogP contribution in [0.25, 0.3) is 0 Å². The molecule has 5 heteroatoms. The molecule has 0 heterocycles. The number of rotatable bonds is 26. The molecule has 35 heavy (non-hydrogen) atoms. The van der Waals surface area contributed by atoms with E-state index in [-0.39, 0.29) is 6.04 Å². The molecule has 4 atom stereocenters. The highest BCUT2D eigenvalue weighted by molar-refractivity contribution is 4.92. The number of hydrogen-bond donors (Lipinski definition) is 5. The molecule has 0 rings (SSSR count). The molecule has 0 spiro atoms. The molecule has 0 fully saturated rings. The second-order valence-electron chi connectivity index (χ2n) is 10.7. The summed E-state index contributed by atoms with van der Waals surface area (Å²) in [5.74, 6) is 0. The summed E-state index contributed by atoms with van der Waals surface area (Å²) in [7, 11) is 0. The van der Waals surface area contributed by atoms with Crippen molar-refractivity contribution in [2.45, 2.75) is 136 Å². The normalized spacial score (nSPS) is 15.7. The molecule has 6 N–H and O–H groups in total. The smallest absolute Gasteiger partial charge is 0.0164 e. The van der Waals surface area contributed by atoms with Crippen molar-refractivity contribution >= 4 is 0 Å². The first-order valence-corrected chi connectivity index (χ1v) is 14.9. The van der Waals surface area contributed by atoms with E-state index in [9.17, 15) is 0 Å². The van der Waals surface area contributed by atoms with Gasteiger partial charge in [-0.25, -0.2) is 0 Å². The van der Waals surface area contributed by atoms with Crippen LogP contribution in [0.4, 0.5) is 0 Å². The lowest BCUT2D eigenvalue weighted by Crippen LogP contribution is -2.47. The SMILES string of the molecule is CCCCCC=CCC=CCCCCCCCCNCC(C)NCC(C)NCC(C)NCC(C)N. The van der Waals surface area contributed by atoms with E-state index < -0.39 is 0 Å². The number of nitrogens with two attached hydrogens (primary N) is 1. The Morgan fingerprint density at radius 2 is 1.06 bits per heavy atom.